The van der Waals surface area contributed by atoms with E-state index in [1.165, 1.54) is 11.3 Å². The maximum Gasteiger partial charge on any atom is 0.323 e. The van der Waals surface area contributed by atoms with Gasteiger partial charge in [0.1, 0.15) is 6.33 Å². The van der Waals surface area contributed by atoms with Crippen LogP contribution in [-0.4, -0.2) is 71.0 Å². The summed E-state index contributed by atoms with van der Waals surface area (Å²) in [4.78, 5) is 33.7. The van der Waals surface area contributed by atoms with Gasteiger partial charge in [0.05, 0.1) is 34.0 Å². The lowest BCUT2D eigenvalue weighted by molar-refractivity contribution is -0.0941. The van der Waals surface area contributed by atoms with Gasteiger partial charge in [-0.15, -0.1) is 0 Å². The van der Waals surface area contributed by atoms with Gasteiger partial charge < -0.3 is 15.0 Å². The van der Waals surface area contributed by atoms with E-state index in [0.717, 1.165) is 76.5 Å². The zero-order valence-corrected chi connectivity index (χ0v) is 22.1. The number of carbonyl (C=O) groups excluding carboxylic acids is 1. The van der Waals surface area contributed by atoms with Gasteiger partial charge in [-0.2, -0.15) is 0 Å². The van der Waals surface area contributed by atoms with Crippen LogP contribution in [0.2, 0.25) is 0 Å². The highest BCUT2D eigenvalue weighted by molar-refractivity contribution is 7.19. The number of fused-ring (bicyclic) bond motifs is 1. The summed E-state index contributed by atoms with van der Waals surface area (Å²) in [5.74, 6) is 0. The van der Waals surface area contributed by atoms with Crippen LogP contribution in [0.15, 0.2) is 53.8 Å². The number of amides is 2. The number of hydrogen-bond acceptors (Lipinski definition) is 8. The van der Waals surface area contributed by atoms with Gasteiger partial charge in [0.15, 0.2) is 5.13 Å². The van der Waals surface area contributed by atoms with E-state index in [4.69, 9.17) is 9.72 Å². The predicted octanol–water partition coefficient (Wildman–Crippen LogP) is 5.05. The fourth-order valence-electron chi connectivity index (χ4n) is 5.16. The van der Waals surface area contributed by atoms with Gasteiger partial charge in [-0.25, -0.2) is 19.7 Å². The van der Waals surface area contributed by atoms with E-state index < -0.39 is 0 Å². The number of nitrogens with zero attached hydrogens (tertiary/aromatic N) is 5. The van der Waals surface area contributed by atoms with E-state index >= 15 is 0 Å². The highest BCUT2D eigenvalue weighted by Crippen LogP contribution is 2.41. The monoisotopic (exact) mass is 527 g/mol. The average molecular weight is 528 g/mol. The molecule has 2 aromatic heterocycles. The molecule has 2 aliphatic rings. The molecule has 4 aromatic rings. The minimum Gasteiger partial charge on any atom is -0.372 e. The van der Waals surface area contributed by atoms with E-state index in [2.05, 4.69) is 38.4 Å². The zero-order valence-electron chi connectivity index (χ0n) is 21.2. The number of aryl methyl sites for hydroxylation is 1. The number of likely N-dealkylation sites (tertiary alicyclic amines) is 1. The number of thiazole rings is 1. The molecular formula is C28H29N7O2S. The Morgan fingerprint density at radius 2 is 2.05 bits per heavy atom. The second-order valence-electron chi connectivity index (χ2n) is 9.72. The highest BCUT2D eigenvalue weighted by Gasteiger charge is 2.38. The summed E-state index contributed by atoms with van der Waals surface area (Å²) in [6, 6.07) is 13.8. The molecule has 1 spiro atoms. The van der Waals surface area contributed by atoms with Crippen LogP contribution in [0.5, 0.6) is 0 Å². The number of carbonyl (C=O) groups is 1. The zero-order chi connectivity index (χ0) is 26.1. The molecule has 2 saturated heterocycles. The molecule has 38 heavy (non-hydrogen) atoms. The van der Waals surface area contributed by atoms with Crippen molar-refractivity contribution in [2.75, 3.05) is 38.1 Å². The third-order valence-corrected chi connectivity index (χ3v) is 8.36. The molecule has 2 aliphatic heterocycles. The average Bonchev–Trinajstić information content (AvgIpc) is 3.38. The van der Waals surface area contributed by atoms with Crippen LogP contribution in [-0.2, 0) is 4.74 Å². The van der Waals surface area contributed by atoms with Crippen molar-refractivity contribution < 1.29 is 9.53 Å². The van der Waals surface area contributed by atoms with Gasteiger partial charge in [-0.3, -0.25) is 10.3 Å². The number of morpholine rings is 1. The van der Waals surface area contributed by atoms with Crippen LogP contribution < -0.4 is 10.6 Å². The highest BCUT2D eigenvalue weighted by atomic mass is 32.1. The Hall–Kier alpha value is -3.73. The maximum absolute atomic E-state index is 13.2. The summed E-state index contributed by atoms with van der Waals surface area (Å²) in [7, 11) is 0. The van der Waals surface area contributed by atoms with Crippen molar-refractivity contribution in [3.63, 3.8) is 0 Å². The number of anilines is 1. The number of hydrogen-bond donors (Lipinski definition) is 2. The molecule has 2 aromatic carbocycles. The van der Waals surface area contributed by atoms with Crippen molar-refractivity contribution in [2.24, 2.45) is 4.99 Å². The molecule has 10 heteroatoms. The van der Waals surface area contributed by atoms with Gasteiger partial charge in [-0.05, 0) is 56.3 Å². The Kier molecular flexibility index (Phi) is 6.61. The van der Waals surface area contributed by atoms with E-state index in [9.17, 15) is 4.79 Å². The first-order valence-corrected chi connectivity index (χ1v) is 13.6. The first kappa shape index (κ1) is 24.6. The molecule has 9 nitrogen and oxygen atoms in total. The summed E-state index contributed by atoms with van der Waals surface area (Å²) < 4.78 is 6.08. The molecule has 4 heterocycles. The summed E-state index contributed by atoms with van der Waals surface area (Å²) >= 11 is 1.46. The van der Waals surface area contributed by atoms with Crippen LogP contribution in [0.3, 0.4) is 0 Å². The van der Waals surface area contributed by atoms with E-state index in [1.807, 2.05) is 48.2 Å². The minimum absolute atomic E-state index is 0.139. The van der Waals surface area contributed by atoms with Gasteiger partial charge in [0.25, 0.3) is 0 Å². The Morgan fingerprint density at radius 1 is 1.18 bits per heavy atom. The van der Waals surface area contributed by atoms with Crippen molar-refractivity contribution in [3.05, 3.63) is 54.5 Å². The molecule has 194 valence electrons. The molecular weight excluding hydrogens is 498 g/mol. The van der Waals surface area contributed by atoms with Crippen molar-refractivity contribution in [3.8, 4) is 21.7 Å². The van der Waals surface area contributed by atoms with Gasteiger partial charge in [-0.1, -0.05) is 29.5 Å². The van der Waals surface area contributed by atoms with Crippen LogP contribution in [0, 0.1) is 6.92 Å². The van der Waals surface area contributed by atoms with Gasteiger partial charge >= 0.3 is 6.03 Å². The number of rotatable bonds is 4. The first-order chi connectivity index (χ1) is 18.5. The molecule has 0 unspecified atom stereocenters. The maximum atomic E-state index is 13.2. The molecule has 0 radical (unpaired) electrons. The summed E-state index contributed by atoms with van der Waals surface area (Å²) in [5.41, 5.74) is 5.08. The van der Waals surface area contributed by atoms with E-state index in [0.29, 0.717) is 18.2 Å². The smallest absolute Gasteiger partial charge is 0.323 e. The standard InChI is InChI=1S/C28H29N7O2S/c1-18-22-15-20(6-7-23(22)32-17-31-18)25-24(19-4-3-5-21(14-19)29-2)33-26(38-25)34-27(36)35-11-8-28(9-12-35)16-30-10-13-37-28/h3-7,14-15,17,30H,2,8-13,16H2,1H3,(H,33,34,36). The topological polar surface area (TPSA) is 105 Å². The second-order valence-corrected chi connectivity index (χ2v) is 10.7. The number of urea groups is 1. The van der Waals surface area contributed by atoms with Crippen molar-refractivity contribution in [2.45, 2.75) is 25.4 Å². The Balaban J connectivity index is 1.31. The van der Waals surface area contributed by atoms with Gasteiger partial charge in [0.2, 0.25) is 0 Å². The lowest BCUT2D eigenvalue weighted by Gasteiger charge is -2.43. The van der Waals surface area contributed by atoms with Crippen molar-refractivity contribution >= 4 is 45.8 Å². The van der Waals surface area contributed by atoms with Gasteiger partial charge in [0, 0.05) is 42.8 Å². The Bertz CT molecular complexity index is 1500. The summed E-state index contributed by atoms with van der Waals surface area (Å²) in [6.45, 7) is 9.38. The molecule has 2 amide bonds. The van der Waals surface area contributed by atoms with Crippen LogP contribution in [0.1, 0.15) is 18.5 Å². The lowest BCUT2D eigenvalue weighted by atomic mass is 9.90. The summed E-state index contributed by atoms with van der Waals surface area (Å²) in [6.07, 6.45) is 3.22. The third kappa shape index (κ3) is 4.78. The largest absolute Gasteiger partial charge is 0.372 e. The van der Waals surface area contributed by atoms with E-state index in [1.54, 1.807) is 6.33 Å². The molecule has 2 N–H and O–H groups in total. The Labute approximate surface area is 225 Å². The number of aromatic nitrogens is 3. The fraction of sp³-hybridized carbons (Fsp3) is 0.321. The Morgan fingerprint density at radius 3 is 2.84 bits per heavy atom. The minimum atomic E-state index is -0.154. The molecule has 0 aliphatic carbocycles. The molecule has 2 fully saturated rings. The third-order valence-electron chi connectivity index (χ3n) is 7.34. The van der Waals surface area contributed by atoms with Crippen LogP contribution in [0.25, 0.3) is 32.6 Å². The number of ether oxygens (including phenoxy) is 1. The van der Waals surface area contributed by atoms with Crippen LogP contribution in [0.4, 0.5) is 15.6 Å². The molecule has 0 saturated carbocycles. The summed E-state index contributed by atoms with van der Waals surface area (Å²) in [5, 5.41) is 8.01. The van der Waals surface area contributed by atoms with Crippen LogP contribution >= 0.6 is 11.3 Å². The number of piperidine rings is 1. The number of aliphatic imine (C=N–C) groups is 1. The second kappa shape index (κ2) is 10.2. The van der Waals surface area contributed by atoms with Crippen molar-refractivity contribution in [1.82, 2.24) is 25.2 Å². The van der Waals surface area contributed by atoms with E-state index in [-0.39, 0.29) is 11.6 Å². The normalized spacial score (nSPS) is 17.0. The predicted molar refractivity (Wildman–Crippen MR) is 151 cm³/mol. The molecule has 6 rings (SSSR count). The van der Waals surface area contributed by atoms with Crippen molar-refractivity contribution in [1.29, 1.82) is 0 Å². The SMILES string of the molecule is C=Nc1cccc(-c2nc(NC(=O)N3CCC4(CC3)CNCCO4)sc2-c2ccc3ncnc(C)c3c2)c1. The quantitative estimate of drug-likeness (QED) is 0.360. The fourth-order valence-corrected chi connectivity index (χ4v) is 6.13. The first-order valence-electron chi connectivity index (χ1n) is 12.7. The lowest BCUT2D eigenvalue weighted by Crippen LogP contribution is -2.56. The number of benzene rings is 2. The molecule has 0 bridgehead atoms. The molecule has 0 atom stereocenters. The number of nitrogens with one attached hydrogen (secondary N) is 2.